The van der Waals surface area contributed by atoms with E-state index in [1.165, 1.54) is 22.3 Å². The van der Waals surface area contributed by atoms with Gasteiger partial charge in [-0.2, -0.15) is 0 Å². The van der Waals surface area contributed by atoms with E-state index >= 15 is 0 Å². The Morgan fingerprint density at radius 1 is 1.16 bits per heavy atom. The summed E-state index contributed by atoms with van der Waals surface area (Å²) in [5.74, 6) is 1.41. The Labute approximate surface area is 294 Å². The second-order valence-electron chi connectivity index (χ2n) is 14.3. The minimum atomic E-state index is -0.419. The Morgan fingerprint density at radius 3 is 2.80 bits per heavy atom. The van der Waals surface area contributed by atoms with Crippen LogP contribution in [0.3, 0.4) is 0 Å². The number of nitrogens with zero attached hydrogens (tertiary/aromatic N) is 3. The van der Waals surface area contributed by atoms with Crippen molar-refractivity contribution in [1.82, 2.24) is 25.5 Å². The number of aromatic nitrogens is 2. The third kappa shape index (κ3) is 6.46. The van der Waals surface area contributed by atoms with Crippen LogP contribution >= 0.6 is 0 Å². The van der Waals surface area contributed by atoms with E-state index in [-0.39, 0.29) is 30.1 Å². The van der Waals surface area contributed by atoms with E-state index in [0.717, 1.165) is 84.9 Å². The van der Waals surface area contributed by atoms with Crippen LogP contribution in [0.15, 0.2) is 53.7 Å². The lowest BCUT2D eigenvalue weighted by Gasteiger charge is -2.33. The molecule has 2 aliphatic heterocycles. The summed E-state index contributed by atoms with van der Waals surface area (Å²) in [6.45, 7) is 5.77. The first kappa shape index (κ1) is 34.4. The average Bonchev–Trinajstić information content (AvgIpc) is 3.94. The van der Waals surface area contributed by atoms with E-state index in [1.807, 2.05) is 25.1 Å². The monoisotopic (exact) mass is 677 g/mol. The number of hydrogen-bond acceptors (Lipinski definition) is 8. The van der Waals surface area contributed by atoms with E-state index in [4.69, 9.17) is 20.2 Å². The Hall–Kier alpha value is -4.09. The van der Waals surface area contributed by atoms with Gasteiger partial charge < -0.3 is 35.7 Å². The van der Waals surface area contributed by atoms with Crippen LogP contribution in [0.1, 0.15) is 68.1 Å². The lowest BCUT2D eigenvalue weighted by Crippen LogP contribution is -2.52. The number of likely N-dealkylation sites (N-methyl/N-ethyl adjacent to an activating group) is 1. The minimum Gasteiger partial charge on any atom is -0.397 e. The van der Waals surface area contributed by atoms with Gasteiger partial charge >= 0.3 is 0 Å². The summed E-state index contributed by atoms with van der Waals surface area (Å²) >= 11 is 0. The number of carbonyl (C=O) groups is 1. The summed E-state index contributed by atoms with van der Waals surface area (Å²) in [5.41, 5.74) is 15.5. The summed E-state index contributed by atoms with van der Waals surface area (Å²) in [4.78, 5) is 29.1. The molecule has 1 amide bonds. The molecule has 10 nitrogen and oxygen atoms in total. The Bertz CT molecular complexity index is 1930. The van der Waals surface area contributed by atoms with Crippen molar-refractivity contribution in [2.24, 2.45) is 16.6 Å². The second kappa shape index (κ2) is 14.6. The van der Waals surface area contributed by atoms with Gasteiger partial charge in [-0.05, 0) is 105 Å². The van der Waals surface area contributed by atoms with Crippen molar-refractivity contribution in [2.75, 3.05) is 34.4 Å². The summed E-state index contributed by atoms with van der Waals surface area (Å²) in [6.07, 6.45) is 9.53. The van der Waals surface area contributed by atoms with Gasteiger partial charge in [0.15, 0.2) is 0 Å². The van der Waals surface area contributed by atoms with Gasteiger partial charge in [0.05, 0.1) is 41.7 Å². The van der Waals surface area contributed by atoms with E-state index in [9.17, 15) is 4.79 Å². The number of amides is 1. The first-order chi connectivity index (χ1) is 24.3. The zero-order valence-corrected chi connectivity index (χ0v) is 30.0. The van der Waals surface area contributed by atoms with E-state index < -0.39 is 6.04 Å². The summed E-state index contributed by atoms with van der Waals surface area (Å²) in [7, 11) is 5.21. The maximum atomic E-state index is 13.8. The standard InChI is InChI=1S/C40H51N7O3/c1-23-9-16-36(47(23)40(48)37(42-3)24(2)50-5)39-45-35-15-11-27-18-26(10-12-30(27)38(35)46-39)29-13-14-33(32-8-6-7-31(29)32)34(41)21-43-20-28-17-25(19-44-28)22-49-4/h10-15,18,20-21,23-25,28,36-37,42,44H,6-9,16-17,19,22,41H2,1-5H3,(H,45,46)/b34-21-,43-20?/t23?,24-,25?,28?,36?,37+/m1/s1. The van der Waals surface area contributed by atoms with Gasteiger partial charge in [-0.25, -0.2) is 4.98 Å². The summed E-state index contributed by atoms with van der Waals surface area (Å²) in [6, 6.07) is 15.2. The van der Waals surface area contributed by atoms with Gasteiger partial charge in [0.1, 0.15) is 11.9 Å². The molecule has 0 saturated carbocycles. The number of carbonyl (C=O) groups excluding carboxylic acids is 1. The Balaban J connectivity index is 1.14. The number of methoxy groups -OCH3 is 2. The lowest BCUT2D eigenvalue weighted by atomic mass is 9.91. The molecule has 0 radical (unpaired) electrons. The van der Waals surface area contributed by atoms with Gasteiger partial charge in [-0.1, -0.05) is 30.3 Å². The molecule has 0 spiro atoms. The number of aliphatic imine (C=N–C) groups is 1. The van der Waals surface area contributed by atoms with Gasteiger partial charge in [0.25, 0.3) is 0 Å². The second-order valence-corrected chi connectivity index (χ2v) is 14.3. The quantitative estimate of drug-likeness (QED) is 0.154. The van der Waals surface area contributed by atoms with Crippen LogP contribution in [0.4, 0.5) is 0 Å². The molecule has 264 valence electrons. The number of benzene rings is 3. The molecule has 4 unspecified atom stereocenters. The molecule has 4 aromatic rings. The molecular weight excluding hydrogens is 626 g/mol. The number of nitrogens with one attached hydrogen (secondary N) is 3. The van der Waals surface area contributed by atoms with Crippen LogP contribution < -0.4 is 16.4 Å². The van der Waals surface area contributed by atoms with Crippen molar-refractivity contribution in [1.29, 1.82) is 0 Å². The van der Waals surface area contributed by atoms with Crippen molar-refractivity contribution < 1.29 is 14.3 Å². The molecule has 3 heterocycles. The molecule has 7 rings (SSSR count). The smallest absolute Gasteiger partial charge is 0.243 e. The number of hydrogen-bond donors (Lipinski definition) is 4. The van der Waals surface area contributed by atoms with Gasteiger partial charge in [-0.15, -0.1) is 0 Å². The predicted molar refractivity (Wildman–Crippen MR) is 201 cm³/mol. The van der Waals surface area contributed by atoms with Crippen molar-refractivity contribution in [3.05, 3.63) is 71.2 Å². The molecular formula is C40H51N7O3. The Morgan fingerprint density at radius 2 is 2.00 bits per heavy atom. The van der Waals surface area contributed by atoms with Crippen molar-refractivity contribution >= 4 is 39.6 Å². The molecule has 0 bridgehead atoms. The first-order valence-electron chi connectivity index (χ1n) is 18.1. The van der Waals surface area contributed by atoms with Gasteiger partial charge in [-0.3, -0.25) is 9.79 Å². The number of imidazole rings is 1. The van der Waals surface area contributed by atoms with Crippen LogP contribution in [-0.2, 0) is 27.1 Å². The number of aromatic amines is 1. The fourth-order valence-electron chi connectivity index (χ4n) is 8.49. The zero-order valence-electron chi connectivity index (χ0n) is 30.0. The predicted octanol–water partition coefficient (Wildman–Crippen LogP) is 5.50. The zero-order chi connectivity index (χ0) is 34.9. The summed E-state index contributed by atoms with van der Waals surface area (Å²) < 4.78 is 10.8. The van der Waals surface area contributed by atoms with Crippen LogP contribution in [0, 0.1) is 5.92 Å². The van der Waals surface area contributed by atoms with Crippen LogP contribution in [0.2, 0.25) is 0 Å². The number of nitrogens with two attached hydrogens (primary N) is 1. The number of rotatable bonds is 11. The summed E-state index contributed by atoms with van der Waals surface area (Å²) in [5, 5.41) is 8.91. The molecule has 10 heteroatoms. The minimum absolute atomic E-state index is 0.0492. The van der Waals surface area contributed by atoms with E-state index in [1.54, 1.807) is 20.4 Å². The molecule has 1 aliphatic carbocycles. The third-order valence-corrected chi connectivity index (χ3v) is 11.2. The number of fused-ring (bicyclic) bond motifs is 4. The maximum absolute atomic E-state index is 13.8. The van der Waals surface area contributed by atoms with E-state index in [2.05, 4.69) is 70.0 Å². The largest absolute Gasteiger partial charge is 0.397 e. The maximum Gasteiger partial charge on any atom is 0.243 e. The molecule has 6 atom stereocenters. The lowest BCUT2D eigenvalue weighted by molar-refractivity contribution is -0.139. The number of H-pyrrole nitrogens is 1. The van der Waals surface area contributed by atoms with Crippen molar-refractivity contribution in [2.45, 2.75) is 82.6 Å². The normalized spacial score (nSPS) is 23.8. The SMILES string of the molecule is CN[C@H](C(=O)N1C(C)CCC1c1nc2c(ccc3cc(-c4ccc(/C(N)=C/N=CC5CC(COC)CN5)c5c4CCC5)ccc32)[nH]1)[C@@H](C)OC. The van der Waals surface area contributed by atoms with Gasteiger partial charge in [0.2, 0.25) is 5.91 Å². The molecule has 3 aromatic carbocycles. The van der Waals surface area contributed by atoms with Crippen molar-refractivity contribution in [3.63, 3.8) is 0 Å². The fraction of sp³-hybridized carbons (Fsp3) is 0.475. The molecule has 2 saturated heterocycles. The highest BCUT2D eigenvalue weighted by Crippen LogP contribution is 2.40. The first-order valence-corrected chi connectivity index (χ1v) is 18.1. The topological polar surface area (TPSA) is 130 Å². The van der Waals surface area contributed by atoms with Gasteiger partial charge in [0, 0.05) is 50.0 Å². The fourth-order valence-corrected chi connectivity index (χ4v) is 8.49. The highest BCUT2D eigenvalue weighted by Gasteiger charge is 2.41. The van der Waals surface area contributed by atoms with Crippen LogP contribution in [-0.4, -0.2) is 85.6 Å². The van der Waals surface area contributed by atoms with E-state index in [0.29, 0.717) is 11.6 Å². The molecule has 1 aromatic heterocycles. The molecule has 3 aliphatic rings. The van der Waals surface area contributed by atoms with Crippen LogP contribution in [0.5, 0.6) is 0 Å². The highest BCUT2D eigenvalue weighted by molar-refractivity contribution is 6.05. The Kier molecular flexibility index (Phi) is 10.1. The molecule has 2 fully saturated rings. The number of ether oxygens (including phenoxy) is 2. The highest BCUT2D eigenvalue weighted by atomic mass is 16.5. The number of likely N-dealkylation sites (tertiary alicyclic amines) is 1. The third-order valence-electron chi connectivity index (χ3n) is 11.2. The van der Waals surface area contributed by atoms with Crippen LogP contribution in [0.25, 0.3) is 38.6 Å². The molecule has 5 N–H and O–H groups in total. The average molecular weight is 678 g/mol. The van der Waals surface area contributed by atoms with Crippen molar-refractivity contribution in [3.8, 4) is 11.1 Å². The molecule has 50 heavy (non-hydrogen) atoms.